The van der Waals surface area contributed by atoms with Crippen LogP contribution in [0.4, 0.5) is 17.6 Å². The number of hydrogen-bond donors (Lipinski definition) is 3. The molecule has 2 aliphatic rings. The molecule has 1 amide bonds. The van der Waals surface area contributed by atoms with Gasteiger partial charge in [-0.1, -0.05) is 0 Å². The maximum atomic E-state index is 13.2. The van der Waals surface area contributed by atoms with Crippen LogP contribution in [-0.4, -0.2) is 49.1 Å². The van der Waals surface area contributed by atoms with Gasteiger partial charge in [0.25, 0.3) is 0 Å². The van der Waals surface area contributed by atoms with E-state index in [4.69, 9.17) is 10.1 Å². The van der Waals surface area contributed by atoms with Crippen molar-refractivity contribution < 1.29 is 4.79 Å². The van der Waals surface area contributed by atoms with Crippen molar-refractivity contribution in [2.45, 2.75) is 52.1 Å². The number of rotatable bonds is 7. The van der Waals surface area contributed by atoms with Crippen molar-refractivity contribution >= 4 is 29.0 Å². The molecule has 1 aliphatic carbocycles. The number of amides is 1. The lowest BCUT2D eigenvalue weighted by Crippen LogP contribution is -2.41. The topological polar surface area (TPSA) is 112 Å². The van der Waals surface area contributed by atoms with Gasteiger partial charge in [0.1, 0.15) is 11.6 Å². The van der Waals surface area contributed by atoms with Crippen molar-refractivity contribution in [2.75, 3.05) is 22.1 Å². The maximum absolute atomic E-state index is 13.2. The van der Waals surface area contributed by atoms with Gasteiger partial charge in [-0.25, -0.2) is 9.50 Å². The van der Waals surface area contributed by atoms with Crippen molar-refractivity contribution in [3.63, 3.8) is 0 Å². The van der Waals surface area contributed by atoms with E-state index in [0.29, 0.717) is 23.6 Å². The number of aromatic nitrogens is 5. The quantitative estimate of drug-likeness (QED) is 0.507. The molecule has 0 bridgehead atoms. The third kappa shape index (κ3) is 4.46. The molecule has 3 aromatic heterocycles. The first-order valence-electron chi connectivity index (χ1n) is 11.3. The Labute approximate surface area is 192 Å². The number of anilines is 3. The van der Waals surface area contributed by atoms with Crippen LogP contribution in [0.15, 0.2) is 48.8 Å². The molecule has 0 radical (unpaired) electrons. The number of carbonyl (C=O) groups excluding carboxylic acids is 1. The van der Waals surface area contributed by atoms with Crippen LogP contribution in [0.25, 0.3) is 5.52 Å². The number of fused-ring (bicyclic) bond motifs is 1. The molecule has 1 aliphatic heterocycles. The van der Waals surface area contributed by atoms with Crippen LogP contribution in [0, 0.1) is 5.41 Å². The zero-order chi connectivity index (χ0) is 23.0. The summed E-state index contributed by atoms with van der Waals surface area (Å²) in [5, 5.41) is 14.3. The van der Waals surface area contributed by atoms with E-state index in [0.717, 1.165) is 37.0 Å². The van der Waals surface area contributed by atoms with Gasteiger partial charge in [-0.15, -0.1) is 5.10 Å². The predicted molar refractivity (Wildman–Crippen MR) is 127 cm³/mol. The Bertz CT molecular complexity index is 1180. The van der Waals surface area contributed by atoms with Gasteiger partial charge in [-0.2, -0.15) is 4.98 Å². The van der Waals surface area contributed by atoms with Crippen LogP contribution in [0.3, 0.4) is 0 Å². The number of carbonyl (C=O) groups is 1. The summed E-state index contributed by atoms with van der Waals surface area (Å²) in [5.41, 5.74) is 1.98. The van der Waals surface area contributed by atoms with Gasteiger partial charge in [0.05, 0.1) is 6.20 Å². The molecule has 172 valence electrons. The summed E-state index contributed by atoms with van der Waals surface area (Å²) in [5.74, 6) is 1.58. The molecular weight excluding hydrogens is 418 g/mol. The van der Waals surface area contributed by atoms with Crippen LogP contribution in [0.1, 0.15) is 40.0 Å². The Morgan fingerprint density at radius 1 is 1.27 bits per heavy atom. The second-order valence-corrected chi connectivity index (χ2v) is 9.30. The molecule has 2 fully saturated rings. The highest BCUT2D eigenvalue weighted by Crippen LogP contribution is 2.55. The molecule has 0 aromatic carbocycles. The van der Waals surface area contributed by atoms with E-state index in [1.807, 2.05) is 40.9 Å². The van der Waals surface area contributed by atoms with Crippen LogP contribution in [0.2, 0.25) is 0 Å². The summed E-state index contributed by atoms with van der Waals surface area (Å²) in [7, 11) is 0. The first kappa shape index (κ1) is 21.2. The van der Waals surface area contributed by atoms with E-state index in [2.05, 4.69) is 39.8 Å². The first-order chi connectivity index (χ1) is 15.9. The van der Waals surface area contributed by atoms with Crippen molar-refractivity contribution in [3.05, 3.63) is 48.8 Å². The highest BCUT2D eigenvalue weighted by molar-refractivity contribution is 5.96. The lowest BCUT2D eigenvalue weighted by atomic mass is 10.0. The molecule has 1 saturated carbocycles. The fourth-order valence-electron chi connectivity index (χ4n) is 4.26. The summed E-state index contributed by atoms with van der Waals surface area (Å²) in [4.78, 5) is 28.3. The lowest BCUT2D eigenvalue weighted by molar-refractivity contribution is -0.117. The van der Waals surface area contributed by atoms with Crippen molar-refractivity contribution in [3.8, 4) is 0 Å². The van der Waals surface area contributed by atoms with Crippen molar-refractivity contribution in [1.29, 1.82) is 0 Å². The Morgan fingerprint density at radius 3 is 2.85 bits per heavy atom. The van der Waals surface area contributed by atoms with Crippen molar-refractivity contribution in [2.24, 2.45) is 5.41 Å². The fraction of sp³-hybridized carbons (Fsp3) is 0.435. The minimum atomic E-state index is -0.366. The third-order valence-electron chi connectivity index (χ3n) is 6.17. The summed E-state index contributed by atoms with van der Waals surface area (Å²) in [6, 6.07) is 3.88. The molecule has 10 nitrogen and oxygen atoms in total. The van der Waals surface area contributed by atoms with E-state index < -0.39 is 0 Å². The van der Waals surface area contributed by atoms with Crippen LogP contribution in [0.5, 0.6) is 0 Å². The number of nitrogens with zero attached hydrogens (tertiary/aromatic N) is 6. The Hall–Kier alpha value is -3.69. The predicted octanol–water partition coefficient (Wildman–Crippen LogP) is 2.79. The number of allylic oxidation sites excluding steroid dienone is 1. The average Bonchev–Trinajstić information content (AvgIpc) is 3.19. The van der Waals surface area contributed by atoms with Crippen LogP contribution >= 0.6 is 0 Å². The Kier molecular flexibility index (Phi) is 5.35. The third-order valence-corrected chi connectivity index (χ3v) is 6.17. The van der Waals surface area contributed by atoms with Gasteiger partial charge in [-0.05, 0) is 57.6 Å². The largest absolute Gasteiger partial charge is 0.387 e. The first-order valence-corrected chi connectivity index (χ1v) is 11.3. The maximum Gasteiger partial charge on any atom is 0.248 e. The molecule has 3 aromatic rings. The van der Waals surface area contributed by atoms with E-state index in [9.17, 15) is 4.79 Å². The van der Waals surface area contributed by atoms with E-state index >= 15 is 0 Å². The second kappa shape index (κ2) is 8.34. The fourth-order valence-corrected chi connectivity index (χ4v) is 4.26. The minimum absolute atomic E-state index is 0.109. The molecule has 1 spiro atoms. The molecule has 1 atom stereocenters. The van der Waals surface area contributed by atoms with Crippen molar-refractivity contribution in [1.82, 2.24) is 29.9 Å². The minimum Gasteiger partial charge on any atom is -0.387 e. The van der Waals surface area contributed by atoms with Gasteiger partial charge in [0, 0.05) is 43.1 Å². The van der Waals surface area contributed by atoms with Gasteiger partial charge in [0.2, 0.25) is 11.9 Å². The molecule has 4 heterocycles. The standard InChI is InChI=1S/C23H29N9O/c1-15(2)26-12-16(3)27-20-17-5-4-10-32(17)30-22(29-20)31-14-23(6-7-23)11-18(31)21(33)28-19-13-24-8-9-25-19/h4-5,8-10,12-13,15,18,26H,6-7,11,14H2,1-3H3,(H,25,28,33)(H,27,29,30)/b16-12+/t18-/m0/s1. The number of nitrogens with one attached hydrogen (secondary N) is 3. The Morgan fingerprint density at radius 2 is 2.12 bits per heavy atom. The van der Waals surface area contributed by atoms with Crippen LogP contribution in [-0.2, 0) is 4.79 Å². The molecule has 3 N–H and O–H groups in total. The van der Waals surface area contributed by atoms with Gasteiger partial charge >= 0.3 is 0 Å². The number of hydrogen-bond acceptors (Lipinski definition) is 8. The zero-order valence-corrected chi connectivity index (χ0v) is 19.1. The monoisotopic (exact) mass is 447 g/mol. The highest BCUT2D eigenvalue weighted by atomic mass is 16.2. The smallest absolute Gasteiger partial charge is 0.248 e. The molecule has 0 unspecified atom stereocenters. The Balaban J connectivity index is 1.45. The molecular formula is C23H29N9O. The van der Waals surface area contributed by atoms with Gasteiger partial charge < -0.3 is 20.9 Å². The SMILES string of the molecule is C/C(=C\NC(C)C)Nc1nc(N2CC3(CC3)C[C@H]2C(=O)Nc2cnccn2)nn2cccc12. The molecule has 5 rings (SSSR count). The zero-order valence-electron chi connectivity index (χ0n) is 19.1. The summed E-state index contributed by atoms with van der Waals surface area (Å²) < 4.78 is 1.81. The van der Waals surface area contributed by atoms with Crippen LogP contribution < -0.4 is 20.9 Å². The summed E-state index contributed by atoms with van der Waals surface area (Å²) in [6.07, 6.45) is 11.6. The van der Waals surface area contributed by atoms with E-state index in [1.165, 1.54) is 0 Å². The average molecular weight is 448 g/mol. The molecule has 10 heteroatoms. The summed E-state index contributed by atoms with van der Waals surface area (Å²) in [6.45, 7) is 6.93. The molecule has 1 saturated heterocycles. The molecule has 33 heavy (non-hydrogen) atoms. The highest BCUT2D eigenvalue weighted by Gasteiger charge is 2.54. The van der Waals surface area contributed by atoms with Gasteiger partial charge in [0.15, 0.2) is 11.6 Å². The summed E-state index contributed by atoms with van der Waals surface area (Å²) >= 11 is 0. The van der Waals surface area contributed by atoms with Gasteiger partial charge in [-0.3, -0.25) is 9.78 Å². The lowest BCUT2D eigenvalue weighted by Gasteiger charge is -2.24. The van der Waals surface area contributed by atoms with E-state index in [1.54, 1.807) is 18.6 Å². The normalized spacial score (nSPS) is 19.3. The van der Waals surface area contributed by atoms with E-state index in [-0.39, 0.29) is 17.4 Å². The second-order valence-electron chi connectivity index (χ2n) is 9.30.